The Labute approximate surface area is 126 Å². The van der Waals surface area contributed by atoms with Gasteiger partial charge in [0.1, 0.15) is 17.3 Å². The number of hydrogen-bond acceptors (Lipinski definition) is 4. The fourth-order valence-corrected chi connectivity index (χ4v) is 2.51. The fraction of sp³-hybridized carbons (Fsp3) is 0.200. The lowest BCUT2D eigenvalue weighted by atomic mass is 10.3. The molecule has 0 radical (unpaired) electrons. The number of halogens is 1. The molecule has 0 spiro atoms. The number of nitrogens with zero attached hydrogens (tertiary/aromatic N) is 1. The van der Waals surface area contributed by atoms with Gasteiger partial charge in [-0.2, -0.15) is 0 Å². The number of aromatic nitrogens is 1. The second-order valence-electron chi connectivity index (χ2n) is 4.18. The Kier molecular flexibility index (Phi) is 5.57. The Balaban J connectivity index is 1.81. The molecule has 0 saturated heterocycles. The maximum Gasteiger partial charge on any atom is 0.225 e. The van der Waals surface area contributed by atoms with Gasteiger partial charge < -0.3 is 10.1 Å². The second-order valence-corrected chi connectivity index (χ2v) is 5.34. The standard InChI is InChI=1S/C15H15FN2O2S/c1-20-14-6-8-17-10-13(14)18-15(19)7-9-21-12-4-2-11(16)3-5-12/h2-6,8,10H,7,9H2,1H3,(H,18,19). The van der Waals surface area contributed by atoms with Crippen LogP contribution in [-0.4, -0.2) is 23.8 Å². The Morgan fingerprint density at radius 1 is 1.33 bits per heavy atom. The molecule has 1 aromatic heterocycles. The molecule has 21 heavy (non-hydrogen) atoms. The Morgan fingerprint density at radius 2 is 2.10 bits per heavy atom. The molecule has 0 aliphatic heterocycles. The maximum atomic E-state index is 12.8. The zero-order valence-corrected chi connectivity index (χ0v) is 12.3. The van der Waals surface area contributed by atoms with E-state index in [-0.39, 0.29) is 11.7 Å². The average molecular weight is 306 g/mol. The van der Waals surface area contributed by atoms with Crippen LogP contribution in [0.4, 0.5) is 10.1 Å². The van der Waals surface area contributed by atoms with Crippen molar-refractivity contribution < 1.29 is 13.9 Å². The van der Waals surface area contributed by atoms with Gasteiger partial charge in [0.25, 0.3) is 0 Å². The summed E-state index contributed by atoms with van der Waals surface area (Å²) in [6, 6.07) is 7.89. The van der Waals surface area contributed by atoms with Gasteiger partial charge in [0.05, 0.1) is 13.3 Å². The molecule has 0 atom stereocenters. The first-order valence-electron chi connectivity index (χ1n) is 6.35. The van der Waals surface area contributed by atoms with Crippen LogP contribution in [-0.2, 0) is 4.79 Å². The molecule has 0 bridgehead atoms. The third-order valence-corrected chi connectivity index (χ3v) is 3.70. The number of rotatable bonds is 6. The SMILES string of the molecule is COc1ccncc1NC(=O)CCSc1ccc(F)cc1. The van der Waals surface area contributed by atoms with Crippen LogP contribution in [0.1, 0.15) is 6.42 Å². The summed E-state index contributed by atoms with van der Waals surface area (Å²) in [5, 5.41) is 2.76. The van der Waals surface area contributed by atoms with Crippen LogP contribution >= 0.6 is 11.8 Å². The number of carbonyl (C=O) groups excluding carboxylic acids is 1. The molecule has 0 aliphatic carbocycles. The van der Waals surface area contributed by atoms with Gasteiger partial charge in [0, 0.05) is 29.3 Å². The van der Waals surface area contributed by atoms with Crippen molar-refractivity contribution in [2.24, 2.45) is 0 Å². The fourth-order valence-electron chi connectivity index (χ4n) is 1.66. The molecule has 1 N–H and O–H groups in total. The number of carbonyl (C=O) groups is 1. The molecule has 2 aromatic rings. The minimum absolute atomic E-state index is 0.115. The van der Waals surface area contributed by atoms with Crippen molar-refractivity contribution in [3.63, 3.8) is 0 Å². The number of ether oxygens (including phenoxy) is 1. The van der Waals surface area contributed by atoms with Crippen molar-refractivity contribution in [2.45, 2.75) is 11.3 Å². The monoisotopic (exact) mass is 306 g/mol. The Hall–Kier alpha value is -2.08. The predicted octanol–water partition coefficient (Wildman–Crippen LogP) is 3.35. The van der Waals surface area contributed by atoms with Crippen molar-refractivity contribution in [2.75, 3.05) is 18.2 Å². The number of amides is 1. The molecule has 1 aromatic carbocycles. The lowest BCUT2D eigenvalue weighted by Gasteiger charge is -2.09. The zero-order valence-electron chi connectivity index (χ0n) is 11.5. The minimum Gasteiger partial charge on any atom is -0.494 e. The first kappa shape index (κ1) is 15.3. The van der Waals surface area contributed by atoms with Gasteiger partial charge in [-0.1, -0.05) is 0 Å². The van der Waals surface area contributed by atoms with Gasteiger partial charge in [-0.05, 0) is 24.3 Å². The predicted molar refractivity (Wildman–Crippen MR) is 81.2 cm³/mol. The summed E-state index contributed by atoms with van der Waals surface area (Å²) >= 11 is 1.50. The summed E-state index contributed by atoms with van der Waals surface area (Å²) in [6.07, 6.45) is 3.49. The van der Waals surface area contributed by atoms with E-state index < -0.39 is 0 Å². The van der Waals surface area contributed by atoms with Crippen LogP contribution < -0.4 is 10.1 Å². The van der Waals surface area contributed by atoms with Gasteiger partial charge >= 0.3 is 0 Å². The molecule has 0 unspecified atom stereocenters. The molecule has 1 heterocycles. The number of pyridine rings is 1. The van der Waals surface area contributed by atoms with Crippen molar-refractivity contribution >= 4 is 23.4 Å². The highest BCUT2D eigenvalue weighted by Gasteiger charge is 2.07. The zero-order chi connectivity index (χ0) is 15.1. The van der Waals surface area contributed by atoms with Crippen molar-refractivity contribution in [1.82, 2.24) is 4.98 Å². The first-order chi connectivity index (χ1) is 10.2. The normalized spacial score (nSPS) is 10.2. The summed E-state index contributed by atoms with van der Waals surface area (Å²) < 4.78 is 17.9. The molecular formula is C15H15FN2O2S. The molecule has 0 aliphatic rings. The van der Waals surface area contributed by atoms with E-state index >= 15 is 0 Å². The Bertz CT molecular complexity index is 605. The van der Waals surface area contributed by atoms with Crippen LogP contribution in [0.3, 0.4) is 0 Å². The summed E-state index contributed by atoms with van der Waals surface area (Å²) in [5.41, 5.74) is 0.553. The summed E-state index contributed by atoms with van der Waals surface area (Å²) in [4.78, 5) is 16.7. The van der Waals surface area contributed by atoms with Gasteiger partial charge in [-0.25, -0.2) is 4.39 Å². The summed E-state index contributed by atoms with van der Waals surface area (Å²) in [6.45, 7) is 0. The quantitative estimate of drug-likeness (QED) is 0.832. The highest BCUT2D eigenvalue weighted by atomic mass is 32.2. The number of nitrogens with one attached hydrogen (secondary N) is 1. The van der Waals surface area contributed by atoms with Crippen molar-refractivity contribution in [3.8, 4) is 5.75 Å². The maximum absolute atomic E-state index is 12.8. The molecule has 110 valence electrons. The minimum atomic E-state index is -0.263. The molecule has 4 nitrogen and oxygen atoms in total. The van der Waals surface area contributed by atoms with Gasteiger partial charge in [-0.15, -0.1) is 11.8 Å². The third kappa shape index (κ3) is 4.75. The molecule has 6 heteroatoms. The van der Waals surface area contributed by atoms with E-state index in [0.29, 0.717) is 23.6 Å². The van der Waals surface area contributed by atoms with E-state index in [1.165, 1.54) is 31.0 Å². The highest BCUT2D eigenvalue weighted by molar-refractivity contribution is 7.99. The van der Waals surface area contributed by atoms with Crippen molar-refractivity contribution in [3.05, 3.63) is 48.5 Å². The van der Waals surface area contributed by atoms with Crippen LogP contribution in [0.2, 0.25) is 0 Å². The largest absolute Gasteiger partial charge is 0.494 e. The number of methoxy groups -OCH3 is 1. The lowest BCUT2D eigenvalue weighted by Crippen LogP contribution is -2.13. The molecule has 2 rings (SSSR count). The van der Waals surface area contributed by atoms with E-state index in [1.807, 2.05) is 0 Å². The number of benzene rings is 1. The van der Waals surface area contributed by atoms with Crippen LogP contribution in [0, 0.1) is 5.82 Å². The average Bonchev–Trinajstić information content (AvgIpc) is 2.50. The van der Waals surface area contributed by atoms with Crippen LogP contribution in [0.25, 0.3) is 0 Å². The van der Waals surface area contributed by atoms with E-state index in [0.717, 1.165) is 4.90 Å². The number of thioether (sulfide) groups is 1. The van der Waals surface area contributed by atoms with Crippen LogP contribution in [0.15, 0.2) is 47.6 Å². The smallest absolute Gasteiger partial charge is 0.225 e. The topological polar surface area (TPSA) is 51.2 Å². The number of hydrogen-bond donors (Lipinski definition) is 1. The Morgan fingerprint density at radius 3 is 2.81 bits per heavy atom. The third-order valence-electron chi connectivity index (χ3n) is 2.69. The molecule has 0 fully saturated rings. The van der Waals surface area contributed by atoms with E-state index in [9.17, 15) is 9.18 Å². The van der Waals surface area contributed by atoms with Gasteiger partial charge in [0.2, 0.25) is 5.91 Å². The molecular weight excluding hydrogens is 291 g/mol. The molecule has 1 amide bonds. The van der Waals surface area contributed by atoms with Crippen molar-refractivity contribution in [1.29, 1.82) is 0 Å². The van der Waals surface area contributed by atoms with E-state index in [1.54, 1.807) is 30.6 Å². The van der Waals surface area contributed by atoms with E-state index in [4.69, 9.17) is 4.74 Å². The van der Waals surface area contributed by atoms with Crippen LogP contribution in [0.5, 0.6) is 5.75 Å². The highest BCUT2D eigenvalue weighted by Crippen LogP contribution is 2.23. The second kappa shape index (κ2) is 7.64. The first-order valence-corrected chi connectivity index (χ1v) is 7.34. The van der Waals surface area contributed by atoms with Gasteiger partial charge in [-0.3, -0.25) is 9.78 Å². The number of anilines is 1. The van der Waals surface area contributed by atoms with Gasteiger partial charge in [0.15, 0.2) is 0 Å². The summed E-state index contributed by atoms with van der Waals surface area (Å²) in [7, 11) is 1.54. The molecule has 0 saturated carbocycles. The summed E-state index contributed by atoms with van der Waals surface area (Å²) in [5.74, 6) is 0.807. The lowest BCUT2D eigenvalue weighted by molar-refractivity contribution is -0.115. The van der Waals surface area contributed by atoms with E-state index in [2.05, 4.69) is 10.3 Å².